The summed E-state index contributed by atoms with van der Waals surface area (Å²) in [5, 5.41) is 0.480. The van der Waals surface area contributed by atoms with Gasteiger partial charge in [-0.25, -0.2) is 4.99 Å². The molecule has 0 saturated carbocycles. The quantitative estimate of drug-likeness (QED) is 0.311. The number of aliphatic imine (C=N–C) groups is 1. The molecule has 5 rings (SSSR count). The van der Waals surface area contributed by atoms with Crippen molar-refractivity contribution in [1.82, 2.24) is 4.90 Å². The fraction of sp³-hybridized carbons (Fsp3) is 0.226. The molecule has 1 fully saturated rings. The van der Waals surface area contributed by atoms with E-state index in [-0.39, 0.29) is 23.4 Å². The number of anilines is 2. The van der Waals surface area contributed by atoms with Crippen LogP contribution in [0.2, 0.25) is 0 Å². The Balaban J connectivity index is 1.25. The second kappa shape index (κ2) is 12.2. The van der Waals surface area contributed by atoms with Crippen molar-refractivity contribution in [3.8, 4) is 5.75 Å². The van der Waals surface area contributed by atoms with Gasteiger partial charge in [-0.15, -0.1) is 0 Å². The van der Waals surface area contributed by atoms with Gasteiger partial charge in [0.05, 0.1) is 18.6 Å². The molecule has 0 spiro atoms. The third-order valence-corrected chi connectivity index (χ3v) is 7.78. The Labute approximate surface area is 237 Å². The highest BCUT2D eigenvalue weighted by Crippen LogP contribution is 2.30. The molecule has 40 heavy (non-hydrogen) atoms. The lowest BCUT2D eigenvalue weighted by Gasteiger charge is -2.36. The highest BCUT2D eigenvalue weighted by molar-refractivity contribution is 8.14. The van der Waals surface area contributed by atoms with Crippen LogP contribution in [0.1, 0.15) is 22.8 Å². The van der Waals surface area contributed by atoms with Crippen LogP contribution >= 0.6 is 11.8 Å². The summed E-state index contributed by atoms with van der Waals surface area (Å²) >= 11 is 1.27. The molecule has 2 amide bonds. The summed E-state index contributed by atoms with van der Waals surface area (Å²) < 4.78 is 5.22. The van der Waals surface area contributed by atoms with E-state index in [2.05, 4.69) is 9.89 Å². The minimum absolute atomic E-state index is 0.00678. The maximum absolute atomic E-state index is 13.4. The van der Waals surface area contributed by atoms with Gasteiger partial charge >= 0.3 is 0 Å². The molecule has 0 unspecified atom stereocenters. The molecule has 2 heterocycles. The first-order chi connectivity index (χ1) is 19.4. The molecule has 3 aromatic carbocycles. The maximum Gasteiger partial charge on any atom is 0.283 e. The summed E-state index contributed by atoms with van der Waals surface area (Å²) in [6.45, 7) is 4.18. The predicted molar refractivity (Wildman–Crippen MR) is 160 cm³/mol. The Bertz CT molecular complexity index is 1440. The molecule has 0 bridgehead atoms. The van der Waals surface area contributed by atoms with E-state index in [0.717, 1.165) is 17.0 Å². The van der Waals surface area contributed by atoms with Crippen LogP contribution in [0.3, 0.4) is 0 Å². The number of nitrogens with zero attached hydrogens (tertiary/aromatic N) is 4. The largest absolute Gasteiger partial charge is 0.497 e. The molecule has 0 atom stereocenters. The molecule has 8 nitrogen and oxygen atoms in total. The number of thioether (sulfide) groups is 1. The average Bonchev–Trinajstić information content (AvgIpc) is 3.31. The molecular weight excluding hydrogens is 524 g/mol. The zero-order valence-corrected chi connectivity index (χ0v) is 23.3. The SMILES string of the molecule is COc1ccc(C=C2N=C(SCC(=O)N3CCN(c4ccc(C(C)=O)cc4)CC3)N(c3ccccc3)C2=O)cc1. The summed E-state index contributed by atoms with van der Waals surface area (Å²) in [5.74, 6) is 0.727. The molecular formula is C31H30N4O4S. The number of hydrogen-bond donors (Lipinski definition) is 0. The molecule has 0 N–H and O–H groups in total. The normalized spacial score (nSPS) is 16.4. The zero-order valence-electron chi connectivity index (χ0n) is 22.4. The molecule has 0 radical (unpaired) electrons. The van der Waals surface area contributed by atoms with Gasteiger partial charge in [0.1, 0.15) is 11.4 Å². The van der Waals surface area contributed by atoms with Gasteiger partial charge < -0.3 is 14.5 Å². The lowest BCUT2D eigenvalue weighted by atomic mass is 10.1. The van der Waals surface area contributed by atoms with Gasteiger partial charge in [-0.3, -0.25) is 19.3 Å². The van der Waals surface area contributed by atoms with E-state index in [1.807, 2.05) is 83.8 Å². The first kappa shape index (κ1) is 27.2. The monoisotopic (exact) mass is 554 g/mol. The number of carbonyl (C=O) groups is 3. The van der Waals surface area contributed by atoms with Gasteiger partial charge in [-0.2, -0.15) is 0 Å². The molecule has 9 heteroatoms. The number of ketones is 1. The van der Waals surface area contributed by atoms with Crippen molar-refractivity contribution in [2.75, 3.05) is 48.8 Å². The standard InChI is InChI=1S/C31H30N4O4S/c1-22(36)24-10-12-25(13-11-24)33-16-18-34(19-17-33)29(37)21-40-31-32-28(20-23-8-14-27(39-2)15-9-23)30(38)35(31)26-6-4-3-5-7-26/h3-15,20H,16-19,21H2,1-2H3. The number of methoxy groups -OCH3 is 1. The van der Waals surface area contributed by atoms with Crippen LogP contribution in [0.15, 0.2) is 89.6 Å². The van der Waals surface area contributed by atoms with Crippen LogP contribution in [0.4, 0.5) is 11.4 Å². The number of hydrogen-bond acceptors (Lipinski definition) is 7. The van der Waals surface area contributed by atoms with Crippen molar-refractivity contribution < 1.29 is 19.1 Å². The average molecular weight is 555 g/mol. The van der Waals surface area contributed by atoms with E-state index in [1.54, 1.807) is 25.0 Å². The lowest BCUT2D eigenvalue weighted by molar-refractivity contribution is -0.128. The van der Waals surface area contributed by atoms with Gasteiger partial charge in [-0.05, 0) is 67.1 Å². The van der Waals surface area contributed by atoms with Gasteiger partial charge in [0.15, 0.2) is 11.0 Å². The van der Waals surface area contributed by atoms with E-state index in [4.69, 9.17) is 4.74 Å². The van der Waals surface area contributed by atoms with E-state index >= 15 is 0 Å². The number of ether oxygens (including phenoxy) is 1. The van der Waals surface area contributed by atoms with E-state index in [0.29, 0.717) is 48.3 Å². The van der Waals surface area contributed by atoms with Crippen molar-refractivity contribution in [2.45, 2.75) is 6.92 Å². The summed E-state index contributed by atoms with van der Waals surface area (Å²) in [7, 11) is 1.61. The summed E-state index contributed by atoms with van der Waals surface area (Å²) in [4.78, 5) is 48.4. The molecule has 0 aliphatic carbocycles. The summed E-state index contributed by atoms with van der Waals surface area (Å²) in [6.07, 6.45) is 1.75. The third kappa shape index (κ3) is 6.10. The predicted octanol–water partition coefficient (Wildman–Crippen LogP) is 4.72. The first-order valence-electron chi connectivity index (χ1n) is 13.0. The molecule has 2 aliphatic heterocycles. The molecule has 1 saturated heterocycles. The third-order valence-electron chi connectivity index (χ3n) is 6.86. The first-order valence-corrected chi connectivity index (χ1v) is 14.0. The molecule has 204 valence electrons. The number of rotatable bonds is 7. The minimum Gasteiger partial charge on any atom is -0.497 e. The van der Waals surface area contributed by atoms with E-state index in [9.17, 15) is 14.4 Å². The Morgan fingerprint density at radius 1 is 0.900 bits per heavy atom. The van der Waals surface area contributed by atoms with Crippen LogP contribution in [0.25, 0.3) is 6.08 Å². The topological polar surface area (TPSA) is 82.5 Å². The molecule has 3 aromatic rings. The van der Waals surface area contributed by atoms with Crippen molar-refractivity contribution in [2.24, 2.45) is 4.99 Å². The second-order valence-electron chi connectivity index (χ2n) is 9.43. The Hall–Kier alpha value is -4.37. The Kier molecular flexibility index (Phi) is 8.31. The summed E-state index contributed by atoms with van der Waals surface area (Å²) in [6, 6.07) is 24.3. The van der Waals surface area contributed by atoms with Gasteiger partial charge in [0.25, 0.3) is 5.91 Å². The van der Waals surface area contributed by atoms with Gasteiger partial charge in [-0.1, -0.05) is 42.1 Å². The number of Topliss-reactive ketones (excluding diaryl/α,β-unsaturated/α-hetero) is 1. The van der Waals surface area contributed by atoms with Crippen molar-refractivity contribution in [1.29, 1.82) is 0 Å². The second-order valence-corrected chi connectivity index (χ2v) is 10.4. The summed E-state index contributed by atoms with van der Waals surface area (Å²) in [5.41, 5.74) is 3.58. The number of carbonyl (C=O) groups excluding carboxylic acids is 3. The highest BCUT2D eigenvalue weighted by Gasteiger charge is 2.33. The van der Waals surface area contributed by atoms with E-state index in [1.165, 1.54) is 11.8 Å². The maximum atomic E-state index is 13.4. The van der Waals surface area contributed by atoms with Crippen LogP contribution < -0.4 is 14.5 Å². The lowest BCUT2D eigenvalue weighted by Crippen LogP contribution is -2.49. The van der Waals surface area contributed by atoms with Gasteiger partial charge in [0, 0.05) is 37.4 Å². The van der Waals surface area contributed by atoms with Crippen molar-refractivity contribution in [3.05, 3.63) is 95.7 Å². The number of amides is 2. The van der Waals surface area contributed by atoms with Crippen molar-refractivity contribution in [3.63, 3.8) is 0 Å². The van der Waals surface area contributed by atoms with Gasteiger partial charge in [0.2, 0.25) is 5.91 Å². The molecule has 0 aromatic heterocycles. The van der Waals surface area contributed by atoms with E-state index < -0.39 is 0 Å². The van der Waals surface area contributed by atoms with Crippen LogP contribution in [-0.4, -0.2) is 66.7 Å². The Morgan fingerprint density at radius 2 is 1.57 bits per heavy atom. The van der Waals surface area contributed by atoms with Crippen LogP contribution in [0.5, 0.6) is 5.75 Å². The highest BCUT2D eigenvalue weighted by atomic mass is 32.2. The Morgan fingerprint density at radius 3 is 2.20 bits per heavy atom. The fourth-order valence-electron chi connectivity index (χ4n) is 4.59. The molecule has 2 aliphatic rings. The zero-order chi connectivity index (χ0) is 28.1. The van der Waals surface area contributed by atoms with Crippen LogP contribution in [-0.2, 0) is 9.59 Å². The number of para-hydroxylation sites is 1. The number of piperazine rings is 1. The smallest absolute Gasteiger partial charge is 0.283 e. The number of amidine groups is 1. The number of benzene rings is 3. The fourth-order valence-corrected chi connectivity index (χ4v) is 5.51. The van der Waals surface area contributed by atoms with Crippen molar-refractivity contribution >= 4 is 52.0 Å². The van der Waals surface area contributed by atoms with Crippen LogP contribution in [0, 0.1) is 0 Å². The minimum atomic E-state index is -0.235.